The van der Waals surface area contributed by atoms with Crippen LogP contribution in [0.2, 0.25) is 0 Å². The van der Waals surface area contributed by atoms with Crippen LogP contribution in [0.1, 0.15) is 53.4 Å². The van der Waals surface area contributed by atoms with Gasteiger partial charge in [-0.15, -0.1) is 0 Å². The molecule has 0 N–H and O–H groups in total. The maximum Gasteiger partial charge on any atom is 0.246 e. The second kappa shape index (κ2) is 4.56. The zero-order valence-electron chi connectivity index (χ0n) is 11.9. The van der Waals surface area contributed by atoms with Gasteiger partial charge in [-0.2, -0.15) is 0 Å². The molecule has 2 amide bonds. The maximum atomic E-state index is 12.7. The van der Waals surface area contributed by atoms with Gasteiger partial charge in [0.1, 0.15) is 12.1 Å². The zero-order chi connectivity index (χ0) is 13.5. The summed E-state index contributed by atoms with van der Waals surface area (Å²) in [5.74, 6) is 0.312. The Morgan fingerprint density at radius 1 is 1.22 bits per heavy atom. The monoisotopic (exact) mass is 252 g/mol. The Balaban J connectivity index is 2.37. The Morgan fingerprint density at radius 2 is 1.89 bits per heavy atom. The van der Waals surface area contributed by atoms with Gasteiger partial charge in [-0.3, -0.25) is 9.59 Å². The van der Waals surface area contributed by atoms with Gasteiger partial charge in [0, 0.05) is 12.1 Å². The third kappa shape index (κ3) is 1.82. The van der Waals surface area contributed by atoms with Gasteiger partial charge in [-0.25, -0.2) is 0 Å². The SMILES string of the molecule is CCC1C(=O)N2CCCC2C(=O)N1C(C)(C)CC. The van der Waals surface area contributed by atoms with Crippen molar-refractivity contribution in [2.45, 2.75) is 71.0 Å². The van der Waals surface area contributed by atoms with E-state index in [-0.39, 0.29) is 29.4 Å². The molecule has 2 fully saturated rings. The van der Waals surface area contributed by atoms with Gasteiger partial charge in [-0.1, -0.05) is 13.8 Å². The second-order valence-electron chi connectivity index (χ2n) is 5.99. The molecule has 0 bridgehead atoms. The molecule has 0 spiro atoms. The first kappa shape index (κ1) is 13.4. The predicted molar refractivity (Wildman–Crippen MR) is 70.0 cm³/mol. The molecule has 102 valence electrons. The summed E-state index contributed by atoms with van der Waals surface area (Å²) in [5, 5.41) is 0. The van der Waals surface area contributed by atoms with Crippen molar-refractivity contribution in [2.75, 3.05) is 6.54 Å². The minimum Gasteiger partial charge on any atom is -0.329 e. The molecule has 2 aliphatic rings. The summed E-state index contributed by atoms with van der Waals surface area (Å²) in [4.78, 5) is 28.8. The van der Waals surface area contributed by atoms with Gasteiger partial charge in [0.2, 0.25) is 11.8 Å². The summed E-state index contributed by atoms with van der Waals surface area (Å²) in [7, 11) is 0. The summed E-state index contributed by atoms with van der Waals surface area (Å²) in [6.07, 6.45) is 3.36. The van der Waals surface area contributed by atoms with Gasteiger partial charge >= 0.3 is 0 Å². The lowest BCUT2D eigenvalue weighted by Crippen LogP contribution is -2.67. The lowest BCUT2D eigenvalue weighted by Gasteiger charge is -2.49. The number of hydrogen-bond acceptors (Lipinski definition) is 2. The normalized spacial score (nSPS) is 28.9. The number of carbonyl (C=O) groups is 2. The lowest BCUT2D eigenvalue weighted by atomic mass is 9.91. The Labute approximate surface area is 109 Å². The van der Waals surface area contributed by atoms with Crippen LogP contribution in [0.15, 0.2) is 0 Å². The summed E-state index contributed by atoms with van der Waals surface area (Å²) >= 11 is 0. The highest BCUT2D eigenvalue weighted by Crippen LogP contribution is 2.33. The number of hydrogen-bond donors (Lipinski definition) is 0. The van der Waals surface area contributed by atoms with Gasteiger partial charge in [0.05, 0.1) is 0 Å². The molecule has 0 saturated carbocycles. The number of rotatable bonds is 3. The first-order chi connectivity index (χ1) is 8.44. The van der Waals surface area contributed by atoms with Crippen LogP contribution in [-0.4, -0.2) is 45.8 Å². The Morgan fingerprint density at radius 3 is 2.44 bits per heavy atom. The first-order valence-corrected chi connectivity index (χ1v) is 7.07. The van der Waals surface area contributed by atoms with E-state index in [2.05, 4.69) is 20.8 Å². The van der Waals surface area contributed by atoms with Crippen molar-refractivity contribution in [1.29, 1.82) is 0 Å². The zero-order valence-corrected chi connectivity index (χ0v) is 11.9. The van der Waals surface area contributed by atoms with Crippen molar-refractivity contribution in [3.8, 4) is 0 Å². The highest BCUT2D eigenvalue weighted by Gasteiger charge is 2.50. The van der Waals surface area contributed by atoms with Crippen molar-refractivity contribution in [1.82, 2.24) is 9.80 Å². The van der Waals surface area contributed by atoms with Crippen LogP contribution in [0.5, 0.6) is 0 Å². The summed E-state index contributed by atoms with van der Waals surface area (Å²) < 4.78 is 0. The molecule has 4 heteroatoms. The van der Waals surface area contributed by atoms with E-state index < -0.39 is 0 Å². The molecule has 2 atom stereocenters. The van der Waals surface area contributed by atoms with E-state index >= 15 is 0 Å². The maximum absolute atomic E-state index is 12.7. The molecule has 2 aliphatic heterocycles. The standard InChI is InChI=1S/C14H24N2O2/c1-5-10-12(17)15-9-7-8-11(15)13(18)16(10)14(3,4)6-2/h10-11H,5-9H2,1-4H3. The average Bonchev–Trinajstić information content (AvgIpc) is 2.82. The van der Waals surface area contributed by atoms with Crippen molar-refractivity contribution in [2.24, 2.45) is 0 Å². The first-order valence-electron chi connectivity index (χ1n) is 7.07. The van der Waals surface area contributed by atoms with Gasteiger partial charge in [0.25, 0.3) is 0 Å². The molecule has 18 heavy (non-hydrogen) atoms. The molecule has 0 aromatic carbocycles. The fourth-order valence-corrected chi connectivity index (χ4v) is 3.15. The minimum atomic E-state index is -0.262. The van der Waals surface area contributed by atoms with Crippen molar-refractivity contribution >= 4 is 11.8 Å². The molecule has 0 aliphatic carbocycles. The lowest BCUT2D eigenvalue weighted by molar-refractivity contribution is -0.166. The van der Waals surface area contributed by atoms with Gasteiger partial charge < -0.3 is 9.80 Å². The van der Waals surface area contributed by atoms with E-state index in [1.165, 1.54) is 0 Å². The van der Waals surface area contributed by atoms with Crippen LogP contribution in [-0.2, 0) is 9.59 Å². The second-order valence-corrected chi connectivity index (χ2v) is 5.99. The van der Waals surface area contributed by atoms with Gasteiger partial charge in [-0.05, 0) is 39.5 Å². The Bertz CT molecular complexity index is 365. The number of fused-ring (bicyclic) bond motifs is 1. The van der Waals surface area contributed by atoms with Crippen molar-refractivity contribution < 1.29 is 9.59 Å². The molecule has 4 nitrogen and oxygen atoms in total. The van der Waals surface area contributed by atoms with Crippen LogP contribution in [0.4, 0.5) is 0 Å². The minimum absolute atomic E-state index is 0.154. The topological polar surface area (TPSA) is 40.6 Å². The summed E-state index contributed by atoms with van der Waals surface area (Å²) in [5.41, 5.74) is -0.234. The van der Waals surface area contributed by atoms with Crippen LogP contribution >= 0.6 is 0 Å². The van der Waals surface area contributed by atoms with Crippen LogP contribution in [0, 0.1) is 0 Å². The smallest absolute Gasteiger partial charge is 0.246 e. The van der Waals surface area contributed by atoms with Crippen LogP contribution in [0.3, 0.4) is 0 Å². The van der Waals surface area contributed by atoms with Crippen LogP contribution in [0.25, 0.3) is 0 Å². The predicted octanol–water partition coefficient (Wildman–Crippen LogP) is 1.79. The van der Waals surface area contributed by atoms with E-state index in [9.17, 15) is 9.59 Å². The molecule has 2 saturated heterocycles. The van der Waals surface area contributed by atoms with E-state index in [0.29, 0.717) is 6.42 Å². The highest BCUT2D eigenvalue weighted by molar-refractivity contribution is 5.97. The molecular weight excluding hydrogens is 228 g/mol. The third-order valence-electron chi connectivity index (χ3n) is 4.56. The fourth-order valence-electron chi connectivity index (χ4n) is 3.15. The van der Waals surface area contributed by atoms with E-state index in [0.717, 1.165) is 25.8 Å². The van der Waals surface area contributed by atoms with Crippen molar-refractivity contribution in [3.05, 3.63) is 0 Å². The molecule has 0 radical (unpaired) electrons. The van der Waals surface area contributed by atoms with Crippen molar-refractivity contribution in [3.63, 3.8) is 0 Å². The van der Waals surface area contributed by atoms with E-state index in [1.54, 1.807) is 4.90 Å². The third-order valence-corrected chi connectivity index (χ3v) is 4.56. The van der Waals surface area contributed by atoms with E-state index in [1.807, 2.05) is 11.8 Å². The highest BCUT2D eigenvalue weighted by atomic mass is 16.2. The largest absolute Gasteiger partial charge is 0.329 e. The molecule has 0 aromatic rings. The Kier molecular flexibility index (Phi) is 3.39. The average molecular weight is 252 g/mol. The molecule has 0 aromatic heterocycles. The molecule has 2 rings (SSSR count). The summed E-state index contributed by atoms with van der Waals surface area (Å²) in [6.45, 7) is 8.94. The van der Waals surface area contributed by atoms with E-state index in [4.69, 9.17) is 0 Å². The fraction of sp³-hybridized carbons (Fsp3) is 0.857. The van der Waals surface area contributed by atoms with Gasteiger partial charge in [0.15, 0.2) is 0 Å². The number of amides is 2. The molecule has 2 heterocycles. The Hall–Kier alpha value is -1.06. The number of nitrogens with zero attached hydrogens (tertiary/aromatic N) is 2. The number of carbonyl (C=O) groups excluding carboxylic acids is 2. The quantitative estimate of drug-likeness (QED) is 0.768. The molecule has 2 unspecified atom stereocenters. The van der Waals surface area contributed by atoms with Crippen LogP contribution < -0.4 is 0 Å². The number of piperazine rings is 1. The molecular formula is C14H24N2O2. The summed E-state index contributed by atoms with van der Waals surface area (Å²) in [6, 6.07) is -0.451.